The molecule has 0 aromatic heterocycles. The maximum atomic E-state index is 13.3. The molecule has 2 aromatic rings. The molecule has 2 aromatic carbocycles. The van der Waals surface area contributed by atoms with Crippen molar-refractivity contribution in [3.63, 3.8) is 0 Å². The van der Waals surface area contributed by atoms with Gasteiger partial charge in [0, 0.05) is 5.69 Å². The Hall–Kier alpha value is -2.97. The van der Waals surface area contributed by atoms with Crippen LogP contribution in [0.3, 0.4) is 0 Å². The molecule has 2 rings (SSSR count). The number of carbonyl (C=O) groups excluding carboxylic acids is 1. The number of benzene rings is 2. The van der Waals surface area contributed by atoms with E-state index in [0.717, 1.165) is 0 Å². The van der Waals surface area contributed by atoms with Gasteiger partial charge in [0.1, 0.15) is 0 Å². The van der Waals surface area contributed by atoms with Crippen LogP contribution in [0.2, 0.25) is 0 Å². The van der Waals surface area contributed by atoms with Crippen molar-refractivity contribution in [2.75, 3.05) is 5.32 Å². The Balaban J connectivity index is 2.11. The lowest BCUT2D eigenvalue weighted by Gasteiger charge is -2.05. The molecule has 0 unspecified atom stereocenters. The van der Waals surface area contributed by atoms with Crippen molar-refractivity contribution in [3.05, 3.63) is 65.0 Å². The summed E-state index contributed by atoms with van der Waals surface area (Å²) in [6, 6.07) is 7.27. The van der Waals surface area contributed by atoms with Gasteiger partial charge in [0.05, 0.1) is 11.8 Å². The van der Waals surface area contributed by atoms with E-state index in [1.807, 2.05) is 5.43 Å². The van der Waals surface area contributed by atoms with Crippen LogP contribution in [-0.4, -0.2) is 12.2 Å². The number of nitrogens with one attached hydrogen (secondary N) is 2. The van der Waals surface area contributed by atoms with Crippen molar-refractivity contribution in [1.82, 2.24) is 5.43 Å². The van der Waals surface area contributed by atoms with Gasteiger partial charge in [-0.3, -0.25) is 0 Å². The molecule has 9 heteroatoms. The Morgan fingerprint density at radius 3 is 1.96 bits per heavy atom. The summed E-state index contributed by atoms with van der Waals surface area (Å²) < 4.78 is 65.4. The molecule has 0 aliphatic rings. The van der Waals surface area contributed by atoms with Gasteiger partial charge >= 0.3 is 6.03 Å². The summed E-state index contributed by atoms with van der Waals surface area (Å²) in [7, 11) is 0. The summed E-state index contributed by atoms with van der Waals surface area (Å²) >= 11 is 0. The number of rotatable bonds is 3. The normalized spacial score (nSPS) is 10.8. The molecule has 0 atom stereocenters. The van der Waals surface area contributed by atoms with E-state index < -0.39 is 40.7 Å². The number of hydrogen-bond donors (Lipinski definition) is 2. The number of para-hydroxylation sites is 1. The molecule has 0 heterocycles. The minimum Gasteiger partial charge on any atom is -0.307 e. The SMILES string of the molecule is O=C(N/N=C\c1c(F)c(F)c(F)c(F)c1F)Nc1ccccc1. The average Bonchev–Trinajstić information content (AvgIpc) is 2.55. The molecule has 0 spiro atoms. The van der Waals surface area contributed by atoms with Crippen molar-refractivity contribution < 1.29 is 26.7 Å². The first-order valence-electron chi connectivity index (χ1n) is 6.08. The predicted octanol–water partition coefficient (Wildman–Crippen LogP) is 3.54. The third-order valence-electron chi connectivity index (χ3n) is 2.64. The smallest absolute Gasteiger partial charge is 0.307 e. The zero-order chi connectivity index (χ0) is 17.0. The molecular weight excluding hydrogens is 321 g/mol. The van der Waals surface area contributed by atoms with Crippen molar-refractivity contribution >= 4 is 17.9 Å². The summed E-state index contributed by atoms with van der Waals surface area (Å²) in [4.78, 5) is 11.4. The van der Waals surface area contributed by atoms with Crippen LogP contribution in [-0.2, 0) is 0 Å². The monoisotopic (exact) mass is 329 g/mol. The van der Waals surface area contributed by atoms with E-state index in [-0.39, 0.29) is 0 Å². The number of hydrogen-bond acceptors (Lipinski definition) is 2. The molecule has 4 nitrogen and oxygen atoms in total. The van der Waals surface area contributed by atoms with Gasteiger partial charge in [-0.05, 0) is 12.1 Å². The molecule has 0 aliphatic heterocycles. The van der Waals surface area contributed by atoms with Gasteiger partial charge in [0.25, 0.3) is 0 Å². The minimum atomic E-state index is -2.27. The molecule has 0 radical (unpaired) electrons. The van der Waals surface area contributed by atoms with E-state index in [1.54, 1.807) is 30.3 Å². The third kappa shape index (κ3) is 3.62. The van der Waals surface area contributed by atoms with E-state index in [2.05, 4.69) is 10.4 Å². The molecule has 0 saturated heterocycles. The Bertz CT molecular complexity index is 736. The number of amides is 2. The second kappa shape index (κ2) is 6.86. The molecule has 23 heavy (non-hydrogen) atoms. The summed E-state index contributed by atoms with van der Waals surface area (Å²) in [5.41, 5.74) is 0.986. The van der Waals surface area contributed by atoms with Gasteiger partial charge in [-0.1, -0.05) is 18.2 Å². The molecule has 2 N–H and O–H groups in total. The lowest BCUT2D eigenvalue weighted by molar-refractivity contribution is 0.252. The second-order valence-electron chi connectivity index (χ2n) is 4.17. The topological polar surface area (TPSA) is 53.5 Å². The highest BCUT2D eigenvalue weighted by molar-refractivity contribution is 5.90. The molecule has 0 fully saturated rings. The van der Waals surface area contributed by atoms with Crippen molar-refractivity contribution in [1.29, 1.82) is 0 Å². The number of hydrazone groups is 1. The standard InChI is InChI=1S/C14H8F5N3O/c15-9-8(10(16)12(18)13(19)11(9)17)6-20-22-14(23)21-7-4-2-1-3-5-7/h1-6H,(H2,21,22,23)/b20-6-. The highest BCUT2D eigenvalue weighted by Crippen LogP contribution is 2.21. The maximum Gasteiger partial charge on any atom is 0.339 e. The lowest BCUT2D eigenvalue weighted by atomic mass is 10.2. The molecule has 0 saturated carbocycles. The van der Waals surface area contributed by atoms with Crippen molar-refractivity contribution in [3.8, 4) is 0 Å². The number of nitrogens with zero attached hydrogens (tertiary/aromatic N) is 1. The molecule has 120 valence electrons. The fraction of sp³-hybridized carbons (Fsp3) is 0. The van der Waals surface area contributed by atoms with Crippen LogP contribution in [0.15, 0.2) is 35.4 Å². The van der Waals surface area contributed by atoms with Gasteiger partial charge in [-0.25, -0.2) is 32.2 Å². The van der Waals surface area contributed by atoms with E-state index in [9.17, 15) is 26.7 Å². The Kier molecular flexibility index (Phi) is 4.89. The van der Waals surface area contributed by atoms with E-state index >= 15 is 0 Å². The third-order valence-corrected chi connectivity index (χ3v) is 2.64. The molecule has 0 bridgehead atoms. The van der Waals surface area contributed by atoms with Crippen LogP contribution in [0.25, 0.3) is 0 Å². The van der Waals surface area contributed by atoms with Gasteiger partial charge in [0.15, 0.2) is 23.3 Å². The molecule has 0 aliphatic carbocycles. The van der Waals surface area contributed by atoms with Gasteiger partial charge < -0.3 is 5.32 Å². The second-order valence-corrected chi connectivity index (χ2v) is 4.17. The van der Waals surface area contributed by atoms with Gasteiger partial charge in [-0.2, -0.15) is 5.10 Å². The summed E-state index contributed by atoms with van der Waals surface area (Å²) in [6.45, 7) is 0. The fourth-order valence-corrected chi connectivity index (χ4v) is 1.57. The minimum absolute atomic E-state index is 0.320. The quantitative estimate of drug-likeness (QED) is 0.292. The van der Waals surface area contributed by atoms with Crippen molar-refractivity contribution in [2.45, 2.75) is 0 Å². The summed E-state index contributed by atoms with van der Waals surface area (Å²) in [6.07, 6.45) is 0.320. The van der Waals surface area contributed by atoms with E-state index in [4.69, 9.17) is 0 Å². The predicted molar refractivity (Wildman–Crippen MR) is 72.4 cm³/mol. The number of halogens is 5. The van der Waals surface area contributed by atoms with Crippen LogP contribution >= 0.6 is 0 Å². The number of carbonyl (C=O) groups is 1. The van der Waals surface area contributed by atoms with Crippen LogP contribution < -0.4 is 10.7 Å². The zero-order valence-electron chi connectivity index (χ0n) is 11.2. The number of urea groups is 1. The highest BCUT2D eigenvalue weighted by Gasteiger charge is 2.24. The van der Waals surface area contributed by atoms with Gasteiger partial charge in [0.2, 0.25) is 5.82 Å². The van der Waals surface area contributed by atoms with Crippen LogP contribution in [0.4, 0.5) is 32.4 Å². The maximum absolute atomic E-state index is 13.3. The Morgan fingerprint density at radius 1 is 0.870 bits per heavy atom. The summed E-state index contributed by atoms with van der Waals surface area (Å²) in [5.74, 6) is -10.6. The first-order chi connectivity index (χ1) is 10.9. The van der Waals surface area contributed by atoms with E-state index in [1.165, 1.54) is 0 Å². The largest absolute Gasteiger partial charge is 0.339 e. The lowest BCUT2D eigenvalue weighted by Crippen LogP contribution is -2.24. The van der Waals surface area contributed by atoms with E-state index in [0.29, 0.717) is 11.9 Å². The summed E-state index contributed by atoms with van der Waals surface area (Å²) in [5, 5.41) is 5.48. The first-order valence-corrected chi connectivity index (χ1v) is 6.08. The van der Waals surface area contributed by atoms with Crippen LogP contribution in [0.1, 0.15) is 5.56 Å². The molecular formula is C14H8F5N3O. The first kappa shape index (κ1) is 16.4. The fourth-order valence-electron chi connectivity index (χ4n) is 1.57. The zero-order valence-corrected chi connectivity index (χ0v) is 11.2. The van der Waals surface area contributed by atoms with Gasteiger partial charge in [-0.15, -0.1) is 0 Å². The molecule has 2 amide bonds. The Labute approximate surface area is 126 Å². The van der Waals surface area contributed by atoms with Crippen LogP contribution in [0.5, 0.6) is 0 Å². The Morgan fingerprint density at radius 2 is 1.39 bits per heavy atom. The van der Waals surface area contributed by atoms with Crippen LogP contribution in [0, 0.1) is 29.1 Å². The number of anilines is 1. The van der Waals surface area contributed by atoms with Crippen molar-refractivity contribution in [2.24, 2.45) is 5.10 Å². The highest BCUT2D eigenvalue weighted by atomic mass is 19.2. The average molecular weight is 329 g/mol.